The molecule has 1 saturated carbocycles. The predicted molar refractivity (Wildman–Crippen MR) is 67.3 cm³/mol. The molecule has 0 saturated heterocycles. The summed E-state index contributed by atoms with van der Waals surface area (Å²) in [7, 11) is 0. The molecule has 1 heteroatoms. The zero-order valence-electron chi connectivity index (χ0n) is 10.5. The Morgan fingerprint density at radius 1 is 1.12 bits per heavy atom. The van der Waals surface area contributed by atoms with E-state index in [1.807, 2.05) is 6.08 Å². The Balaban J connectivity index is 1.84. The van der Waals surface area contributed by atoms with Gasteiger partial charge in [-0.15, -0.1) is 0 Å². The average molecular weight is 220 g/mol. The number of hydrogen-bond donors (Lipinski definition) is 0. The van der Waals surface area contributed by atoms with E-state index < -0.39 is 0 Å². The van der Waals surface area contributed by atoms with Gasteiger partial charge in [-0.25, -0.2) is 0 Å². The molecule has 2 atom stereocenters. The Bertz CT molecular complexity index is 277. The molecular formula is C15H24O. The molecule has 0 radical (unpaired) electrons. The lowest BCUT2D eigenvalue weighted by atomic mass is 9.77. The topological polar surface area (TPSA) is 17.1 Å². The number of ketones is 1. The van der Waals surface area contributed by atoms with Crippen LogP contribution in [0.4, 0.5) is 0 Å². The maximum Gasteiger partial charge on any atom is 0.159 e. The van der Waals surface area contributed by atoms with Crippen LogP contribution in [0, 0.1) is 11.8 Å². The van der Waals surface area contributed by atoms with Gasteiger partial charge in [-0.05, 0) is 37.7 Å². The molecule has 0 spiro atoms. The van der Waals surface area contributed by atoms with Crippen LogP contribution in [-0.2, 0) is 4.79 Å². The van der Waals surface area contributed by atoms with Gasteiger partial charge in [0.1, 0.15) is 0 Å². The molecule has 0 heterocycles. The van der Waals surface area contributed by atoms with Crippen molar-refractivity contribution >= 4 is 5.78 Å². The van der Waals surface area contributed by atoms with Crippen LogP contribution in [-0.4, -0.2) is 5.78 Å². The lowest BCUT2D eigenvalue weighted by molar-refractivity contribution is -0.119. The predicted octanol–water partition coefficient (Wildman–Crippen LogP) is 4.27. The first-order chi connectivity index (χ1) is 7.83. The normalized spacial score (nSPS) is 29.1. The fraction of sp³-hybridized carbons (Fsp3) is 0.800. The molecule has 1 nitrogen and oxygen atoms in total. The monoisotopic (exact) mass is 220 g/mol. The summed E-state index contributed by atoms with van der Waals surface area (Å²) in [5.74, 6) is 1.47. The van der Waals surface area contributed by atoms with E-state index in [1.165, 1.54) is 56.9 Å². The molecule has 0 aromatic rings. The summed E-state index contributed by atoms with van der Waals surface area (Å²) in [6.45, 7) is 2.25. The summed E-state index contributed by atoms with van der Waals surface area (Å²) >= 11 is 0. The minimum Gasteiger partial charge on any atom is -0.295 e. The van der Waals surface area contributed by atoms with Gasteiger partial charge in [-0.3, -0.25) is 4.79 Å². The maximum atomic E-state index is 11.8. The van der Waals surface area contributed by atoms with Crippen molar-refractivity contribution in [3.8, 4) is 0 Å². The first kappa shape index (κ1) is 11.9. The van der Waals surface area contributed by atoms with Crippen molar-refractivity contribution in [1.82, 2.24) is 0 Å². The minimum absolute atomic E-state index is 0.384. The number of carbonyl (C=O) groups excluding carboxylic acids is 1. The highest BCUT2D eigenvalue weighted by molar-refractivity contribution is 5.95. The molecule has 16 heavy (non-hydrogen) atoms. The summed E-state index contributed by atoms with van der Waals surface area (Å²) in [6, 6.07) is 0. The van der Waals surface area contributed by atoms with Gasteiger partial charge in [0.2, 0.25) is 0 Å². The summed E-state index contributed by atoms with van der Waals surface area (Å²) in [5.41, 5.74) is 1.49. The van der Waals surface area contributed by atoms with E-state index in [2.05, 4.69) is 6.92 Å². The molecule has 2 aliphatic carbocycles. The molecule has 90 valence electrons. The van der Waals surface area contributed by atoms with Crippen molar-refractivity contribution in [2.75, 3.05) is 0 Å². The molecule has 0 aromatic heterocycles. The van der Waals surface area contributed by atoms with E-state index in [9.17, 15) is 4.79 Å². The van der Waals surface area contributed by atoms with Crippen molar-refractivity contribution in [2.24, 2.45) is 11.8 Å². The van der Waals surface area contributed by atoms with Gasteiger partial charge in [-0.1, -0.05) is 44.6 Å². The van der Waals surface area contributed by atoms with E-state index in [0.717, 1.165) is 6.42 Å². The van der Waals surface area contributed by atoms with Crippen LogP contribution in [0.2, 0.25) is 0 Å². The van der Waals surface area contributed by atoms with E-state index in [0.29, 0.717) is 17.6 Å². The SMILES string of the molecule is CCCCCCC1=CC(=O)[C@@H]2CCCC[C@H]12. The molecule has 0 amide bonds. The quantitative estimate of drug-likeness (QED) is 0.632. The largest absolute Gasteiger partial charge is 0.295 e. The molecule has 0 aromatic carbocycles. The molecule has 0 bridgehead atoms. The Kier molecular flexibility index (Phi) is 4.20. The first-order valence-electron chi connectivity index (χ1n) is 7.07. The number of carbonyl (C=O) groups is 1. The minimum atomic E-state index is 0.384. The number of fused-ring (bicyclic) bond motifs is 1. The van der Waals surface area contributed by atoms with E-state index in [1.54, 1.807) is 0 Å². The summed E-state index contributed by atoms with van der Waals surface area (Å²) in [5, 5.41) is 0. The third-order valence-electron chi connectivity index (χ3n) is 4.25. The standard InChI is InChI=1S/C15H24O/c1-2-3-4-5-8-12-11-15(16)14-10-7-6-9-13(12)14/h11,13-14H,2-10H2,1H3/t13-,14-/m1/s1. The lowest BCUT2D eigenvalue weighted by Crippen LogP contribution is -2.21. The summed E-state index contributed by atoms with van der Waals surface area (Å²) in [6.07, 6.45) is 13.5. The Morgan fingerprint density at radius 3 is 2.62 bits per heavy atom. The van der Waals surface area contributed by atoms with Gasteiger partial charge < -0.3 is 0 Å². The van der Waals surface area contributed by atoms with E-state index in [-0.39, 0.29) is 0 Å². The first-order valence-corrected chi connectivity index (χ1v) is 7.07. The third-order valence-corrected chi connectivity index (χ3v) is 4.25. The molecule has 0 aliphatic heterocycles. The highest BCUT2D eigenvalue weighted by atomic mass is 16.1. The van der Waals surface area contributed by atoms with Gasteiger partial charge in [0.15, 0.2) is 5.78 Å². The molecule has 2 rings (SSSR count). The fourth-order valence-corrected chi connectivity index (χ4v) is 3.33. The number of hydrogen-bond acceptors (Lipinski definition) is 1. The highest BCUT2D eigenvalue weighted by Gasteiger charge is 2.36. The van der Waals surface area contributed by atoms with Crippen LogP contribution < -0.4 is 0 Å². The van der Waals surface area contributed by atoms with Crippen LogP contribution in [0.1, 0.15) is 64.7 Å². The Hall–Kier alpha value is -0.590. The number of unbranched alkanes of at least 4 members (excludes halogenated alkanes) is 3. The maximum absolute atomic E-state index is 11.8. The van der Waals surface area contributed by atoms with E-state index in [4.69, 9.17) is 0 Å². The van der Waals surface area contributed by atoms with Gasteiger partial charge >= 0.3 is 0 Å². The smallest absolute Gasteiger partial charge is 0.159 e. The molecule has 0 N–H and O–H groups in total. The zero-order valence-corrected chi connectivity index (χ0v) is 10.5. The lowest BCUT2D eigenvalue weighted by Gasteiger charge is -2.26. The Morgan fingerprint density at radius 2 is 1.88 bits per heavy atom. The van der Waals surface area contributed by atoms with Crippen LogP contribution >= 0.6 is 0 Å². The summed E-state index contributed by atoms with van der Waals surface area (Å²) < 4.78 is 0. The third kappa shape index (κ3) is 2.56. The van der Waals surface area contributed by atoms with E-state index >= 15 is 0 Å². The molecular weight excluding hydrogens is 196 g/mol. The molecule has 2 aliphatic rings. The molecule has 1 fully saturated rings. The van der Waals surface area contributed by atoms with Crippen molar-refractivity contribution in [3.05, 3.63) is 11.6 Å². The number of rotatable bonds is 5. The van der Waals surface area contributed by atoms with Crippen molar-refractivity contribution in [2.45, 2.75) is 64.7 Å². The zero-order chi connectivity index (χ0) is 11.4. The van der Waals surface area contributed by atoms with Crippen molar-refractivity contribution in [1.29, 1.82) is 0 Å². The van der Waals surface area contributed by atoms with Gasteiger partial charge in [0.25, 0.3) is 0 Å². The van der Waals surface area contributed by atoms with Crippen LogP contribution in [0.25, 0.3) is 0 Å². The fourth-order valence-electron chi connectivity index (χ4n) is 3.33. The van der Waals surface area contributed by atoms with Crippen molar-refractivity contribution < 1.29 is 4.79 Å². The summed E-state index contributed by atoms with van der Waals surface area (Å²) in [4.78, 5) is 11.8. The average Bonchev–Trinajstić information content (AvgIpc) is 2.63. The molecule has 0 unspecified atom stereocenters. The van der Waals surface area contributed by atoms with Crippen LogP contribution in [0.3, 0.4) is 0 Å². The van der Waals surface area contributed by atoms with Gasteiger partial charge in [0.05, 0.1) is 0 Å². The second-order valence-electron chi connectivity index (χ2n) is 5.43. The van der Waals surface area contributed by atoms with Crippen LogP contribution in [0.15, 0.2) is 11.6 Å². The second-order valence-corrected chi connectivity index (χ2v) is 5.43. The highest BCUT2D eigenvalue weighted by Crippen LogP contribution is 2.42. The van der Waals surface area contributed by atoms with Crippen molar-refractivity contribution in [3.63, 3.8) is 0 Å². The Labute approximate surface area is 99.3 Å². The second kappa shape index (κ2) is 5.65. The number of allylic oxidation sites excluding steroid dienone is 2. The van der Waals surface area contributed by atoms with Gasteiger partial charge in [-0.2, -0.15) is 0 Å². The van der Waals surface area contributed by atoms with Crippen LogP contribution in [0.5, 0.6) is 0 Å². The van der Waals surface area contributed by atoms with Gasteiger partial charge in [0, 0.05) is 5.92 Å².